The summed E-state index contributed by atoms with van der Waals surface area (Å²) < 4.78 is 13.1. The average molecular weight is 313 g/mol. The van der Waals surface area contributed by atoms with Gasteiger partial charge in [0.25, 0.3) is 0 Å². The zero-order valence-electron chi connectivity index (χ0n) is 11.4. The summed E-state index contributed by atoms with van der Waals surface area (Å²) in [5, 5.41) is 7.10. The molecule has 108 valence electrons. The van der Waals surface area contributed by atoms with Gasteiger partial charge in [-0.1, -0.05) is 24.6 Å². The van der Waals surface area contributed by atoms with Gasteiger partial charge in [-0.25, -0.2) is 9.37 Å². The van der Waals surface area contributed by atoms with Crippen molar-refractivity contribution in [2.45, 2.75) is 32.2 Å². The lowest BCUT2D eigenvalue weighted by Gasteiger charge is -2.18. The molecule has 1 aromatic heterocycles. The summed E-state index contributed by atoms with van der Waals surface area (Å²) in [5.41, 5.74) is 0.971. The fourth-order valence-corrected chi connectivity index (χ4v) is 3.02. The van der Waals surface area contributed by atoms with Gasteiger partial charge in [-0.05, 0) is 37.1 Å². The number of thiazole rings is 1. The lowest BCUT2D eigenvalue weighted by molar-refractivity contribution is 0.503. The molecule has 0 fully saturated rings. The number of benzene rings is 1. The maximum atomic E-state index is 13.1. The van der Waals surface area contributed by atoms with Crippen molar-refractivity contribution in [1.29, 1.82) is 0 Å². The van der Waals surface area contributed by atoms with Crippen molar-refractivity contribution in [3.8, 4) is 0 Å². The Morgan fingerprint density at radius 3 is 2.90 bits per heavy atom. The average Bonchev–Trinajstić information content (AvgIpc) is 2.92. The molecule has 5 heteroatoms. The van der Waals surface area contributed by atoms with Crippen LogP contribution in [0.5, 0.6) is 0 Å². The van der Waals surface area contributed by atoms with Crippen molar-refractivity contribution < 1.29 is 4.39 Å². The minimum absolute atomic E-state index is 0.268. The molecular formula is C15H18ClFN2S. The maximum Gasteiger partial charge on any atom is 0.124 e. The van der Waals surface area contributed by atoms with Crippen LogP contribution in [0.25, 0.3) is 0 Å². The molecule has 0 saturated carbocycles. The molecule has 0 spiro atoms. The third kappa shape index (κ3) is 4.54. The van der Waals surface area contributed by atoms with E-state index in [-0.39, 0.29) is 11.9 Å². The number of halogens is 2. The second-order valence-electron chi connectivity index (χ2n) is 4.72. The summed E-state index contributed by atoms with van der Waals surface area (Å²) in [6.07, 6.45) is 4.54. The Hall–Kier alpha value is -0.970. The van der Waals surface area contributed by atoms with Crippen molar-refractivity contribution in [2.24, 2.45) is 0 Å². The molecule has 0 aliphatic heterocycles. The highest BCUT2D eigenvalue weighted by Gasteiger charge is 2.13. The van der Waals surface area contributed by atoms with Gasteiger partial charge in [0.05, 0.1) is 5.01 Å². The monoisotopic (exact) mass is 312 g/mol. The highest BCUT2D eigenvalue weighted by atomic mass is 35.5. The molecule has 2 nitrogen and oxygen atoms in total. The van der Waals surface area contributed by atoms with Gasteiger partial charge in [0.15, 0.2) is 0 Å². The number of hydrogen-bond donors (Lipinski definition) is 1. The second-order valence-corrected chi connectivity index (χ2v) is 6.11. The first-order valence-corrected chi connectivity index (χ1v) is 8.00. The first kappa shape index (κ1) is 15.4. The van der Waals surface area contributed by atoms with Gasteiger partial charge in [0, 0.05) is 29.1 Å². The molecule has 0 saturated heterocycles. The number of nitrogens with zero attached hydrogens (tertiary/aromatic N) is 1. The summed E-state index contributed by atoms with van der Waals surface area (Å²) in [6, 6.07) is 4.86. The number of hydrogen-bond acceptors (Lipinski definition) is 3. The van der Waals surface area contributed by atoms with Crippen molar-refractivity contribution in [1.82, 2.24) is 10.3 Å². The van der Waals surface area contributed by atoms with E-state index in [1.807, 2.05) is 11.6 Å². The Morgan fingerprint density at radius 1 is 1.40 bits per heavy atom. The normalized spacial score (nSPS) is 12.6. The van der Waals surface area contributed by atoms with Gasteiger partial charge in [-0.15, -0.1) is 11.3 Å². The lowest BCUT2D eigenvalue weighted by Crippen LogP contribution is -2.33. The summed E-state index contributed by atoms with van der Waals surface area (Å²) in [5.74, 6) is -0.295. The van der Waals surface area contributed by atoms with E-state index in [0.29, 0.717) is 5.02 Å². The zero-order chi connectivity index (χ0) is 14.4. The van der Waals surface area contributed by atoms with E-state index in [1.165, 1.54) is 12.1 Å². The quantitative estimate of drug-likeness (QED) is 0.833. The zero-order valence-corrected chi connectivity index (χ0v) is 13.0. The highest BCUT2D eigenvalue weighted by Crippen LogP contribution is 2.20. The Kier molecular flexibility index (Phi) is 5.95. The van der Waals surface area contributed by atoms with Gasteiger partial charge in [0.1, 0.15) is 5.82 Å². The molecule has 2 aromatic rings. The van der Waals surface area contributed by atoms with E-state index in [0.717, 1.165) is 36.4 Å². The summed E-state index contributed by atoms with van der Waals surface area (Å²) in [7, 11) is 0. The van der Waals surface area contributed by atoms with Gasteiger partial charge in [0.2, 0.25) is 0 Å². The third-order valence-corrected chi connectivity index (χ3v) is 4.22. The van der Waals surface area contributed by atoms with Gasteiger partial charge >= 0.3 is 0 Å². The fourth-order valence-electron chi connectivity index (χ4n) is 2.08. The minimum Gasteiger partial charge on any atom is -0.313 e. The molecule has 0 aliphatic rings. The Bertz CT molecular complexity index is 531. The first-order valence-electron chi connectivity index (χ1n) is 6.74. The topological polar surface area (TPSA) is 24.9 Å². The number of rotatable bonds is 7. The standard InChI is InChI=1S/C15H18ClFN2S/c1-2-5-18-13(10-15-19-6-7-20-15)8-11-3-4-12(17)9-14(11)16/h3-4,6-7,9,13,18H,2,5,8,10H2,1H3. The summed E-state index contributed by atoms with van der Waals surface area (Å²) >= 11 is 7.77. The van der Waals surface area contributed by atoms with Gasteiger partial charge in [-0.3, -0.25) is 0 Å². The van der Waals surface area contributed by atoms with Crippen molar-refractivity contribution in [2.75, 3.05) is 6.54 Å². The lowest BCUT2D eigenvalue weighted by atomic mass is 10.0. The van der Waals surface area contributed by atoms with Crippen molar-refractivity contribution in [3.63, 3.8) is 0 Å². The Morgan fingerprint density at radius 2 is 2.25 bits per heavy atom. The largest absolute Gasteiger partial charge is 0.313 e. The van der Waals surface area contributed by atoms with Gasteiger partial charge in [-0.2, -0.15) is 0 Å². The summed E-state index contributed by atoms with van der Waals surface area (Å²) in [6.45, 7) is 3.09. The smallest absolute Gasteiger partial charge is 0.124 e. The first-order chi connectivity index (χ1) is 9.69. The summed E-state index contributed by atoms with van der Waals surface area (Å²) in [4.78, 5) is 4.33. The van der Waals surface area contributed by atoms with Crippen LogP contribution in [-0.2, 0) is 12.8 Å². The molecule has 20 heavy (non-hydrogen) atoms. The predicted molar refractivity (Wildman–Crippen MR) is 83.0 cm³/mol. The van der Waals surface area contributed by atoms with E-state index in [2.05, 4.69) is 17.2 Å². The van der Waals surface area contributed by atoms with Crippen LogP contribution in [0.2, 0.25) is 5.02 Å². The highest BCUT2D eigenvalue weighted by molar-refractivity contribution is 7.09. The van der Waals surface area contributed by atoms with E-state index >= 15 is 0 Å². The van der Waals surface area contributed by atoms with Gasteiger partial charge < -0.3 is 5.32 Å². The molecule has 0 bridgehead atoms. The minimum atomic E-state index is -0.295. The second kappa shape index (κ2) is 7.72. The fraction of sp³-hybridized carbons (Fsp3) is 0.400. The molecule has 0 amide bonds. The van der Waals surface area contributed by atoms with Crippen molar-refractivity contribution >= 4 is 22.9 Å². The molecule has 1 aromatic carbocycles. The van der Waals surface area contributed by atoms with Crippen LogP contribution in [0, 0.1) is 5.82 Å². The van der Waals surface area contributed by atoms with Crippen LogP contribution in [-0.4, -0.2) is 17.6 Å². The molecule has 1 atom stereocenters. The molecule has 2 rings (SSSR count). The number of nitrogens with one attached hydrogen (secondary N) is 1. The molecule has 0 radical (unpaired) electrons. The molecule has 1 heterocycles. The van der Waals surface area contributed by atoms with Crippen molar-refractivity contribution in [3.05, 3.63) is 51.2 Å². The van der Waals surface area contributed by atoms with Crippen LogP contribution in [0.1, 0.15) is 23.9 Å². The van der Waals surface area contributed by atoms with Crippen LogP contribution in [0.3, 0.4) is 0 Å². The molecule has 1 N–H and O–H groups in total. The predicted octanol–water partition coefficient (Wildman–Crippen LogP) is 4.09. The molecule has 0 aliphatic carbocycles. The Balaban J connectivity index is 2.06. The van der Waals surface area contributed by atoms with Crippen LogP contribution >= 0.6 is 22.9 Å². The van der Waals surface area contributed by atoms with E-state index in [1.54, 1.807) is 17.4 Å². The van der Waals surface area contributed by atoms with E-state index in [9.17, 15) is 4.39 Å². The van der Waals surface area contributed by atoms with Crippen LogP contribution < -0.4 is 5.32 Å². The van der Waals surface area contributed by atoms with Crippen LogP contribution in [0.15, 0.2) is 29.8 Å². The third-order valence-electron chi connectivity index (χ3n) is 3.07. The molecule has 1 unspecified atom stereocenters. The van der Waals surface area contributed by atoms with Crippen LogP contribution in [0.4, 0.5) is 4.39 Å². The van der Waals surface area contributed by atoms with E-state index in [4.69, 9.17) is 11.6 Å². The SMILES string of the molecule is CCCNC(Cc1nccs1)Cc1ccc(F)cc1Cl. The number of aromatic nitrogens is 1. The molecular weight excluding hydrogens is 295 g/mol. The maximum absolute atomic E-state index is 13.1. The Labute approximate surface area is 128 Å². The van der Waals surface area contributed by atoms with E-state index < -0.39 is 0 Å².